The summed E-state index contributed by atoms with van der Waals surface area (Å²) in [6, 6.07) is 16.2. The van der Waals surface area contributed by atoms with Crippen molar-refractivity contribution in [1.29, 1.82) is 0 Å². The average Bonchev–Trinajstić information content (AvgIpc) is 2.76. The summed E-state index contributed by atoms with van der Waals surface area (Å²) >= 11 is 0. The maximum absolute atomic E-state index is 13.3. The molecule has 0 saturated carbocycles. The lowest BCUT2D eigenvalue weighted by atomic mass is 9.86. The maximum atomic E-state index is 13.3. The fourth-order valence-corrected chi connectivity index (χ4v) is 3.50. The van der Waals surface area contributed by atoms with Gasteiger partial charge >= 0.3 is 0 Å². The van der Waals surface area contributed by atoms with Crippen LogP contribution in [0.5, 0.6) is 0 Å². The van der Waals surface area contributed by atoms with E-state index >= 15 is 0 Å². The highest BCUT2D eigenvalue weighted by atomic mass is 16.2. The largest absolute Gasteiger partial charge is 0.352 e. The van der Waals surface area contributed by atoms with Gasteiger partial charge in [0.25, 0.3) is 0 Å². The molecule has 0 aromatic heterocycles. The molecule has 0 aliphatic rings. The van der Waals surface area contributed by atoms with Gasteiger partial charge in [-0.3, -0.25) is 9.59 Å². The van der Waals surface area contributed by atoms with Crippen LogP contribution in [0.1, 0.15) is 76.6 Å². The fraction of sp³-hybridized carbons (Fsp3) is 0.500. The van der Waals surface area contributed by atoms with Crippen LogP contribution < -0.4 is 5.32 Å². The van der Waals surface area contributed by atoms with Gasteiger partial charge in [-0.2, -0.15) is 0 Å². The minimum Gasteiger partial charge on any atom is -0.352 e. The molecule has 4 nitrogen and oxygen atoms in total. The van der Waals surface area contributed by atoms with Crippen LogP contribution in [0.4, 0.5) is 0 Å². The number of carbonyl (C=O) groups excluding carboxylic acids is 2. The van der Waals surface area contributed by atoms with Gasteiger partial charge in [-0.15, -0.1) is 0 Å². The van der Waals surface area contributed by atoms with Gasteiger partial charge in [0.1, 0.15) is 6.04 Å². The third kappa shape index (κ3) is 7.51. The first-order valence-corrected chi connectivity index (χ1v) is 11.8. The second-order valence-corrected chi connectivity index (χ2v) is 9.95. The molecule has 32 heavy (non-hydrogen) atoms. The normalized spacial score (nSPS) is 13.3. The number of carbonyl (C=O) groups is 2. The first-order valence-electron chi connectivity index (χ1n) is 11.8. The Labute approximate surface area is 194 Å². The lowest BCUT2D eigenvalue weighted by molar-refractivity contribution is -0.140. The lowest BCUT2D eigenvalue weighted by Crippen LogP contribution is -2.49. The Hall–Kier alpha value is -2.62. The molecule has 0 fully saturated rings. The standard InChI is InChI=1S/C28H40N2O2/c1-8-21(3)29-27(32)22(4)30(19-24-11-9-20(2)10-12-24)26(31)18-15-23-13-16-25(17-14-23)28(5,6)7/h9-14,16-17,21-22H,8,15,18-19H2,1-7H3,(H,29,32)/t21-,22-/m0/s1. The second kappa shape index (κ2) is 11.3. The molecule has 0 radical (unpaired) electrons. The predicted octanol–water partition coefficient (Wildman–Crippen LogP) is 5.56. The zero-order chi connectivity index (χ0) is 23.9. The van der Waals surface area contributed by atoms with Crippen molar-refractivity contribution < 1.29 is 9.59 Å². The van der Waals surface area contributed by atoms with Gasteiger partial charge in [-0.25, -0.2) is 0 Å². The predicted molar refractivity (Wildman–Crippen MR) is 133 cm³/mol. The van der Waals surface area contributed by atoms with Crippen LogP contribution in [0, 0.1) is 6.92 Å². The van der Waals surface area contributed by atoms with Gasteiger partial charge in [0.2, 0.25) is 11.8 Å². The Morgan fingerprint density at radius 2 is 1.50 bits per heavy atom. The SMILES string of the molecule is CC[C@H](C)NC(=O)[C@H](C)N(Cc1ccc(C)cc1)C(=O)CCc1ccc(C(C)(C)C)cc1. The summed E-state index contributed by atoms with van der Waals surface area (Å²) in [5.41, 5.74) is 4.73. The Bertz CT molecular complexity index is 879. The van der Waals surface area contributed by atoms with Gasteiger partial charge in [0.15, 0.2) is 0 Å². The van der Waals surface area contributed by atoms with Gasteiger partial charge in [-0.05, 0) is 55.7 Å². The van der Waals surface area contributed by atoms with Crippen molar-refractivity contribution in [3.63, 3.8) is 0 Å². The van der Waals surface area contributed by atoms with Crippen molar-refractivity contribution in [1.82, 2.24) is 10.2 Å². The summed E-state index contributed by atoms with van der Waals surface area (Å²) in [6.45, 7) is 14.9. The van der Waals surface area contributed by atoms with Crippen LogP contribution in [0.25, 0.3) is 0 Å². The number of amides is 2. The van der Waals surface area contributed by atoms with E-state index in [2.05, 4.69) is 50.4 Å². The van der Waals surface area contributed by atoms with E-state index in [1.165, 1.54) is 11.1 Å². The highest BCUT2D eigenvalue weighted by Gasteiger charge is 2.26. The van der Waals surface area contributed by atoms with Gasteiger partial charge in [-0.1, -0.05) is 81.8 Å². The minimum absolute atomic E-state index is 0.00252. The first-order chi connectivity index (χ1) is 15.0. The molecule has 1 N–H and O–H groups in total. The molecule has 2 atom stereocenters. The van der Waals surface area contributed by atoms with E-state index in [1.54, 1.807) is 4.90 Å². The lowest BCUT2D eigenvalue weighted by Gasteiger charge is -2.30. The molecule has 2 aromatic rings. The third-order valence-electron chi connectivity index (χ3n) is 6.09. The highest BCUT2D eigenvalue weighted by Crippen LogP contribution is 2.22. The maximum Gasteiger partial charge on any atom is 0.242 e. The Morgan fingerprint density at radius 1 is 0.938 bits per heavy atom. The summed E-state index contributed by atoms with van der Waals surface area (Å²) in [6.07, 6.45) is 1.89. The minimum atomic E-state index is -0.527. The monoisotopic (exact) mass is 436 g/mol. The van der Waals surface area contributed by atoms with Gasteiger partial charge < -0.3 is 10.2 Å². The van der Waals surface area contributed by atoms with Crippen molar-refractivity contribution in [3.05, 3.63) is 70.8 Å². The topological polar surface area (TPSA) is 49.4 Å². The van der Waals surface area contributed by atoms with E-state index in [-0.39, 0.29) is 23.3 Å². The number of benzene rings is 2. The van der Waals surface area contributed by atoms with Crippen molar-refractivity contribution in [3.8, 4) is 0 Å². The zero-order valence-corrected chi connectivity index (χ0v) is 20.9. The summed E-state index contributed by atoms with van der Waals surface area (Å²) in [7, 11) is 0. The van der Waals surface area contributed by atoms with Crippen LogP contribution in [0.15, 0.2) is 48.5 Å². The van der Waals surface area contributed by atoms with Crippen LogP contribution in [-0.4, -0.2) is 28.8 Å². The van der Waals surface area contributed by atoms with Crippen molar-refractivity contribution in [2.24, 2.45) is 0 Å². The fourth-order valence-electron chi connectivity index (χ4n) is 3.50. The van der Waals surface area contributed by atoms with E-state index in [4.69, 9.17) is 0 Å². The molecule has 0 heterocycles. The number of nitrogens with one attached hydrogen (secondary N) is 1. The van der Waals surface area contributed by atoms with E-state index < -0.39 is 6.04 Å². The molecule has 0 unspecified atom stereocenters. The summed E-state index contributed by atoms with van der Waals surface area (Å²) in [5.74, 6) is -0.105. The molecule has 0 aliphatic heterocycles. The molecule has 0 spiro atoms. The number of aryl methyl sites for hydroxylation is 2. The van der Waals surface area contributed by atoms with Gasteiger partial charge in [0.05, 0.1) is 0 Å². The molecule has 2 rings (SSSR count). The number of hydrogen-bond acceptors (Lipinski definition) is 2. The zero-order valence-electron chi connectivity index (χ0n) is 20.9. The summed E-state index contributed by atoms with van der Waals surface area (Å²) in [4.78, 5) is 27.8. The highest BCUT2D eigenvalue weighted by molar-refractivity contribution is 5.87. The molecule has 0 saturated heterocycles. The van der Waals surface area contributed by atoms with Crippen LogP contribution >= 0.6 is 0 Å². The van der Waals surface area contributed by atoms with Crippen LogP contribution in [0.3, 0.4) is 0 Å². The van der Waals surface area contributed by atoms with E-state index in [0.29, 0.717) is 19.4 Å². The van der Waals surface area contributed by atoms with Crippen LogP contribution in [0.2, 0.25) is 0 Å². The summed E-state index contributed by atoms with van der Waals surface area (Å²) < 4.78 is 0. The average molecular weight is 437 g/mol. The second-order valence-electron chi connectivity index (χ2n) is 9.95. The van der Waals surface area contributed by atoms with Crippen molar-refractivity contribution in [2.75, 3.05) is 0 Å². The third-order valence-corrected chi connectivity index (χ3v) is 6.09. The Kier molecular flexibility index (Phi) is 9.06. The molecular weight excluding hydrogens is 396 g/mol. The quantitative estimate of drug-likeness (QED) is 0.560. The van der Waals surface area contributed by atoms with Gasteiger partial charge in [0, 0.05) is 19.0 Å². The molecule has 174 valence electrons. The molecule has 2 amide bonds. The number of nitrogens with zero attached hydrogens (tertiary/aromatic N) is 1. The van der Waals surface area contributed by atoms with Crippen molar-refractivity contribution in [2.45, 2.75) is 91.8 Å². The number of hydrogen-bond donors (Lipinski definition) is 1. The first kappa shape index (κ1) is 25.6. The van der Waals surface area contributed by atoms with E-state index in [9.17, 15) is 9.59 Å². The molecule has 0 aliphatic carbocycles. The number of rotatable bonds is 9. The van der Waals surface area contributed by atoms with Crippen molar-refractivity contribution >= 4 is 11.8 Å². The Balaban J connectivity index is 2.13. The molecule has 2 aromatic carbocycles. The smallest absolute Gasteiger partial charge is 0.242 e. The molecule has 0 bridgehead atoms. The molecular formula is C28H40N2O2. The van der Waals surface area contributed by atoms with Crippen LogP contribution in [-0.2, 0) is 28.0 Å². The Morgan fingerprint density at radius 3 is 2.03 bits per heavy atom. The molecule has 4 heteroatoms. The van der Waals surface area contributed by atoms with E-state index in [1.807, 2.05) is 52.0 Å². The summed E-state index contributed by atoms with van der Waals surface area (Å²) in [5, 5.41) is 3.02. The van der Waals surface area contributed by atoms with E-state index in [0.717, 1.165) is 17.5 Å².